The zero-order chi connectivity index (χ0) is 13.1. The van der Waals surface area contributed by atoms with Gasteiger partial charge in [0.05, 0.1) is 0 Å². The minimum atomic E-state index is -0.365. The first kappa shape index (κ1) is 12.5. The Morgan fingerprint density at radius 2 is 2.28 bits per heavy atom. The van der Waals surface area contributed by atoms with Crippen LogP contribution in [0.1, 0.15) is 18.2 Å². The molecule has 0 aliphatic heterocycles. The predicted octanol–water partition coefficient (Wildman–Crippen LogP) is 3.24. The number of rotatable bonds is 3. The van der Waals surface area contributed by atoms with Gasteiger partial charge in [0.15, 0.2) is 0 Å². The summed E-state index contributed by atoms with van der Waals surface area (Å²) in [6.45, 7) is 1.80. The van der Waals surface area contributed by atoms with Crippen molar-refractivity contribution in [3.05, 3.63) is 35.0 Å². The lowest BCUT2D eigenvalue weighted by atomic mass is 10.2. The molecular weight excluding hydrogens is 255 g/mol. The highest BCUT2D eigenvalue weighted by atomic mass is 32.1. The van der Waals surface area contributed by atoms with Gasteiger partial charge >= 0.3 is 0 Å². The van der Waals surface area contributed by atoms with Gasteiger partial charge in [-0.3, -0.25) is 0 Å². The number of aromatic nitrogens is 1. The summed E-state index contributed by atoms with van der Waals surface area (Å²) in [5.74, 6) is -0.566. The third-order valence-electron chi connectivity index (χ3n) is 2.40. The highest BCUT2D eigenvalue weighted by Gasteiger charge is 2.16. The van der Waals surface area contributed by atoms with Crippen LogP contribution in [0.4, 0.5) is 4.39 Å². The molecule has 6 heteroatoms. The molecule has 0 spiro atoms. The molecular formula is C12H11FN2O2S. The van der Waals surface area contributed by atoms with Crippen molar-refractivity contribution < 1.29 is 14.7 Å². The smallest absolute Gasteiger partial charge is 0.232 e. The Morgan fingerprint density at radius 3 is 2.89 bits per heavy atom. The first-order valence-electron chi connectivity index (χ1n) is 5.32. The molecule has 0 saturated carbocycles. The Bertz CT molecular complexity index is 596. The minimum absolute atomic E-state index is 0.200. The maximum Gasteiger partial charge on any atom is 0.232 e. The van der Waals surface area contributed by atoms with Gasteiger partial charge in [-0.15, -0.1) is 11.3 Å². The molecule has 0 bridgehead atoms. The summed E-state index contributed by atoms with van der Waals surface area (Å²) in [6, 6.07) is 5.95. The van der Waals surface area contributed by atoms with Crippen molar-refractivity contribution in [2.24, 2.45) is 5.16 Å². The number of thiazole rings is 1. The maximum absolute atomic E-state index is 13.1. The second-order valence-electron chi connectivity index (χ2n) is 3.58. The predicted molar refractivity (Wildman–Crippen MR) is 67.8 cm³/mol. The Hall–Kier alpha value is -1.95. The number of aromatic hydroxyl groups is 1. The molecule has 2 aromatic rings. The van der Waals surface area contributed by atoms with E-state index in [4.69, 9.17) is 5.21 Å². The normalized spacial score (nSPS) is 11.8. The lowest BCUT2D eigenvalue weighted by Crippen LogP contribution is -1.95. The lowest BCUT2D eigenvalue weighted by Gasteiger charge is -1.96. The summed E-state index contributed by atoms with van der Waals surface area (Å²) < 4.78 is 13.1. The number of hydrogen-bond acceptors (Lipinski definition) is 5. The van der Waals surface area contributed by atoms with Gasteiger partial charge in [-0.25, -0.2) is 9.37 Å². The molecule has 18 heavy (non-hydrogen) atoms. The molecule has 2 rings (SSSR count). The van der Waals surface area contributed by atoms with Gasteiger partial charge in [-0.2, -0.15) is 0 Å². The van der Waals surface area contributed by atoms with E-state index in [9.17, 15) is 9.50 Å². The van der Waals surface area contributed by atoms with Gasteiger partial charge in [0.1, 0.15) is 21.4 Å². The van der Waals surface area contributed by atoms with Crippen molar-refractivity contribution >= 4 is 17.0 Å². The molecule has 0 radical (unpaired) electrons. The van der Waals surface area contributed by atoms with E-state index in [1.54, 1.807) is 19.1 Å². The molecule has 0 atom stereocenters. The van der Waals surface area contributed by atoms with E-state index in [2.05, 4.69) is 10.1 Å². The van der Waals surface area contributed by atoms with Gasteiger partial charge in [0.2, 0.25) is 5.88 Å². The molecule has 1 aromatic carbocycles. The molecule has 4 nitrogen and oxygen atoms in total. The summed E-state index contributed by atoms with van der Waals surface area (Å²) in [7, 11) is 0. The van der Waals surface area contributed by atoms with Crippen molar-refractivity contribution in [2.75, 3.05) is 0 Å². The minimum Gasteiger partial charge on any atom is -0.492 e. The molecule has 0 fully saturated rings. The van der Waals surface area contributed by atoms with Crippen molar-refractivity contribution in [3.8, 4) is 16.5 Å². The first-order valence-corrected chi connectivity index (χ1v) is 6.14. The fourth-order valence-corrected chi connectivity index (χ4v) is 2.53. The third-order valence-corrected chi connectivity index (χ3v) is 3.54. The van der Waals surface area contributed by atoms with Crippen LogP contribution in [0.3, 0.4) is 0 Å². The topological polar surface area (TPSA) is 65.7 Å². The second kappa shape index (κ2) is 5.14. The standard InChI is InChI=1S/C12H11FN2O2S/c1-2-9(15-17)10-11(16)14-12(18-10)7-4-3-5-8(13)6-7/h3-6,16-17H,2H2,1H3/b15-9+. The molecule has 2 N–H and O–H groups in total. The Morgan fingerprint density at radius 1 is 1.50 bits per heavy atom. The van der Waals surface area contributed by atoms with Crippen LogP contribution in [0.25, 0.3) is 10.6 Å². The Balaban J connectivity index is 2.46. The fraction of sp³-hybridized carbons (Fsp3) is 0.167. The molecule has 0 aliphatic carbocycles. The number of halogens is 1. The summed E-state index contributed by atoms with van der Waals surface area (Å²) in [5.41, 5.74) is 0.933. The van der Waals surface area contributed by atoms with Crippen LogP contribution in [0.15, 0.2) is 29.4 Å². The van der Waals surface area contributed by atoms with E-state index < -0.39 is 0 Å². The number of benzene rings is 1. The molecule has 0 saturated heterocycles. The van der Waals surface area contributed by atoms with E-state index in [0.29, 0.717) is 27.6 Å². The van der Waals surface area contributed by atoms with Crippen molar-refractivity contribution in [1.82, 2.24) is 4.98 Å². The van der Waals surface area contributed by atoms with Gasteiger partial charge in [-0.1, -0.05) is 24.2 Å². The average Bonchev–Trinajstić information content (AvgIpc) is 2.74. The number of oxime groups is 1. The highest BCUT2D eigenvalue weighted by Crippen LogP contribution is 2.33. The summed E-state index contributed by atoms with van der Waals surface area (Å²) in [5, 5.41) is 22.1. The van der Waals surface area contributed by atoms with Crippen LogP contribution in [0.2, 0.25) is 0 Å². The molecule has 1 aromatic heterocycles. The Kier molecular flexibility index (Phi) is 3.57. The zero-order valence-electron chi connectivity index (χ0n) is 9.59. The molecule has 0 unspecified atom stereocenters. The quantitative estimate of drug-likeness (QED) is 0.509. The Labute approximate surface area is 107 Å². The van der Waals surface area contributed by atoms with E-state index in [1.165, 1.54) is 12.1 Å². The van der Waals surface area contributed by atoms with Crippen LogP contribution in [-0.4, -0.2) is 21.0 Å². The van der Waals surface area contributed by atoms with Crippen LogP contribution < -0.4 is 0 Å². The zero-order valence-corrected chi connectivity index (χ0v) is 10.4. The van der Waals surface area contributed by atoms with Gasteiger partial charge in [0, 0.05) is 5.56 Å². The SMILES string of the molecule is CC/C(=N\O)c1sc(-c2cccc(F)c2)nc1O. The lowest BCUT2D eigenvalue weighted by molar-refractivity contribution is 0.318. The number of nitrogens with zero attached hydrogens (tertiary/aromatic N) is 2. The first-order chi connectivity index (χ1) is 8.65. The molecule has 94 valence electrons. The van der Waals surface area contributed by atoms with Gasteiger partial charge in [0.25, 0.3) is 0 Å². The highest BCUT2D eigenvalue weighted by molar-refractivity contribution is 7.17. The van der Waals surface area contributed by atoms with Gasteiger partial charge in [-0.05, 0) is 18.6 Å². The summed E-state index contributed by atoms with van der Waals surface area (Å²) >= 11 is 1.16. The maximum atomic E-state index is 13.1. The van der Waals surface area contributed by atoms with Crippen molar-refractivity contribution in [2.45, 2.75) is 13.3 Å². The monoisotopic (exact) mass is 266 g/mol. The van der Waals surface area contributed by atoms with Crippen molar-refractivity contribution in [1.29, 1.82) is 0 Å². The summed E-state index contributed by atoms with van der Waals surface area (Å²) in [6.07, 6.45) is 0.467. The molecule has 1 heterocycles. The fourth-order valence-electron chi connectivity index (χ4n) is 1.52. The van der Waals surface area contributed by atoms with E-state index in [1.807, 2.05) is 0 Å². The van der Waals surface area contributed by atoms with Crippen LogP contribution >= 0.6 is 11.3 Å². The van der Waals surface area contributed by atoms with E-state index in [-0.39, 0.29) is 11.7 Å². The number of hydrogen-bond donors (Lipinski definition) is 2. The van der Waals surface area contributed by atoms with Crippen LogP contribution in [-0.2, 0) is 0 Å². The average molecular weight is 266 g/mol. The molecule has 0 aliphatic rings. The van der Waals surface area contributed by atoms with Gasteiger partial charge < -0.3 is 10.3 Å². The second-order valence-corrected chi connectivity index (χ2v) is 4.58. The van der Waals surface area contributed by atoms with Crippen molar-refractivity contribution in [3.63, 3.8) is 0 Å². The van der Waals surface area contributed by atoms with Crippen LogP contribution in [0, 0.1) is 5.82 Å². The van der Waals surface area contributed by atoms with Crippen LogP contribution in [0.5, 0.6) is 5.88 Å². The third kappa shape index (κ3) is 2.33. The van der Waals surface area contributed by atoms with E-state index in [0.717, 1.165) is 11.3 Å². The largest absolute Gasteiger partial charge is 0.492 e. The van der Waals surface area contributed by atoms with E-state index >= 15 is 0 Å². The summed E-state index contributed by atoms with van der Waals surface area (Å²) in [4.78, 5) is 4.36. The molecule has 0 amide bonds.